The summed E-state index contributed by atoms with van der Waals surface area (Å²) in [5, 5.41) is 10.4. The minimum atomic E-state index is -0.160. The second kappa shape index (κ2) is 7.61. The molecule has 1 aromatic carbocycles. The topological polar surface area (TPSA) is 78.8 Å². The number of nitrogens with one attached hydrogen (secondary N) is 1. The fraction of sp³-hybridized carbons (Fsp3) is 0.318. The van der Waals surface area contributed by atoms with Gasteiger partial charge in [0.2, 0.25) is 0 Å². The van der Waals surface area contributed by atoms with Gasteiger partial charge in [-0.3, -0.25) is 4.79 Å². The van der Waals surface area contributed by atoms with Gasteiger partial charge in [-0.05, 0) is 57.2 Å². The molecule has 0 unspecified atom stereocenters. The molecule has 1 aliphatic rings. The maximum absolute atomic E-state index is 12.8. The molecule has 6 heteroatoms. The number of ether oxygens (including phenoxy) is 1. The van der Waals surface area contributed by atoms with E-state index in [9.17, 15) is 10.1 Å². The predicted molar refractivity (Wildman–Crippen MR) is 113 cm³/mol. The molecule has 28 heavy (non-hydrogen) atoms. The predicted octanol–water partition coefficient (Wildman–Crippen LogP) is 4.71. The zero-order chi connectivity index (χ0) is 19.7. The number of allylic oxidation sites excluding steroid dienone is 1. The monoisotopic (exact) mass is 391 g/mol. The van der Waals surface area contributed by atoms with Gasteiger partial charge in [0.1, 0.15) is 16.6 Å². The molecule has 0 aliphatic heterocycles. The summed E-state index contributed by atoms with van der Waals surface area (Å²) in [6.07, 6.45) is 5.94. The zero-order valence-corrected chi connectivity index (χ0v) is 16.7. The van der Waals surface area contributed by atoms with Crippen molar-refractivity contribution in [1.82, 2.24) is 9.97 Å². The van der Waals surface area contributed by atoms with Gasteiger partial charge in [0.15, 0.2) is 5.82 Å². The number of H-pyrrole nitrogens is 1. The highest BCUT2D eigenvalue weighted by Crippen LogP contribution is 2.34. The number of benzene rings is 1. The number of para-hydroxylation sites is 1. The highest BCUT2D eigenvalue weighted by molar-refractivity contribution is 7.18. The van der Waals surface area contributed by atoms with Crippen LogP contribution in [0, 0.1) is 11.3 Å². The van der Waals surface area contributed by atoms with E-state index in [-0.39, 0.29) is 11.7 Å². The van der Waals surface area contributed by atoms with Crippen LogP contribution in [-0.2, 0) is 12.8 Å². The summed E-state index contributed by atoms with van der Waals surface area (Å²) in [6.45, 7) is 3.91. The van der Waals surface area contributed by atoms with Crippen molar-refractivity contribution in [3.8, 4) is 11.8 Å². The number of rotatable bonds is 4. The Kier molecular flexibility index (Phi) is 5.01. The maximum atomic E-state index is 12.8. The molecule has 0 spiro atoms. The van der Waals surface area contributed by atoms with E-state index in [1.165, 1.54) is 4.88 Å². The molecule has 4 rings (SSSR count). The number of thiophene rings is 1. The fourth-order valence-corrected chi connectivity index (χ4v) is 4.82. The third kappa shape index (κ3) is 3.46. The van der Waals surface area contributed by atoms with E-state index in [4.69, 9.17) is 4.74 Å². The molecule has 0 amide bonds. The molecule has 1 N–H and O–H groups in total. The molecule has 0 fully saturated rings. The van der Waals surface area contributed by atoms with Gasteiger partial charge in [0.05, 0.1) is 17.1 Å². The summed E-state index contributed by atoms with van der Waals surface area (Å²) < 4.78 is 5.83. The van der Waals surface area contributed by atoms with E-state index in [1.54, 1.807) is 17.4 Å². The van der Waals surface area contributed by atoms with Crippen LogP contribution in [0.25, 0.3) is 21.9 Å². The van der Waals surface area contributed by atoms with E-state index in [0.717, 1.165) is 41.6 Å². The van der Waals surface area contributed by atoms with Crippen molar-refractivity contribution in [3.63, 3.8) is 0 Å². The highest BCUT2D eigenvalue weighted by atomic mass is 32.1. The van der Waals surface area contributed by atoms with Crippen molar-refractivity contribution < 1.29 is 4.74 Å². The lowest BCUT2D eigenvalue weighted by Gasteiger charge is -2.12. The second-order valence-electron chi connectivity index (χ2n) is 7.18. The third-order valence-electron chi connectivity index (χ3n) is 4.78. The number of fused-ring (bicyclic) bond motifs is 3. The Morgan fingerprint density at radius 2 is 2.11 bits per heavy atom. The lowest BCUT2D eigenvalue weighted by atomic mass is 9.97. The van der Waals surface area contributed by atoms with Gasteiger partial charge in [-0.2, -0.15) is 5.26 Å². The average molecular weight is 391 g/mol. The standard InChI is InChI=1S/C22H21N3O2S/c1-13(2)27-17-9-5-3-7-14(17)11-15(12-23)20-24-21(26)19-16-8-4-6-10-18(16)28-22(19)25-20/h3,5,7,9,11,13H,4,6,8,10H2,1-2H3,(H,24,25,26)/b15-11+. The van der Waals surface area contributed by atoms with Crippen molar-refractivity contribution in [2.75, 3.05) is 0 Å². The van der Waals surface area contributed by atoms with E-state index < -0.39 is 0 Å². The largest absolute Gasteiger partial charge is 0.490 e. The SMILES string of the molecule is CC(C)Oc1ccccc1/C=C(\C#N)c1nc2sc3c(c2c(=O)[nH]1)CCCC3. The Morgan fingerprint density at radius 1 is 1.32 bits per heavy atom. The van der Waals surface area contributed by atoms with Gasteiger partial charge in [-0.1, -0.05) is 18.2 Å². The van der Waals surface area contributed by atoms with E-state index >= 15 is 0 Å². The number of aromatic nitrogens is 2. The zero-order valence-electron chi connectivity index (χ0n) is 15.9. The molecule has 0 saturated carbocycles. The molecule has 0 radical (unpaired) electrons. The first kappa shape index (κ1) is 18.5. The first-order valence-corrected chi connectivity index (χ1v) is 10.3. The molecule has 0 bridgehead atoms. The number of nitriles is 1. The Hall–Kier alpha value is -2.91. The molecule has 2 heterocycles. The Morgan fingerprint density at radius 3 is 2.89 bits per heavy atom. The third-order valence-corrected chi connectivity index (χ3v) is 5.97. The molecule has 1 aliphatic carbocycles. The maximum Gasteiger partial charge on any atom is 0.260 e. The molecule has 142 valence electrons. The minimum Gasteiger partial charge on any atom is -0.490 e. The van der Waals surface area contributed by atoms with Crippen molar-refractivity contribution in [2.24, 2.45) is 0 Å². The number of aromatic amines is 1. The second-order valence-corrected chi connectivity index (χ2v) is 8.26. The Bertz CT molecular complexity index is 1160. The Balaban J connectivity index is 1.81. The summed E-state index contributed by atoms with van der Waals surface area (Å²) in [6, 6.07) is 9.71. The number of aryl methyl sites for hydroxylation is 2. The van der Waals surface area contributed by atoms with Crippen molar-refractivity contribution in [3.05, 3.63) is 56.4 Å². The van der Waals surface area contributed by atoms with Gasteiger partial charge in [0.25, 0.3) is 5.56 Å². The van der Waals surface area contributed by atoms with Gasteiger partial charge in [0, 0.05) is 10.4 Å². The van der Waals surface area contributed by atoms with Crippen LogP contribution in [0.1, 0.15) is 48.5 Å². The van der Waals surface area contributed by atoms with Gasteiger partial charge in [-0.15, -0.1) is 11.3 Å². The van der Waals surface area contributed by atoms with Gasteiger partial charge < -0.3 is 9.72 Å². The van der Waals surface area contributed by atoms with Crippen LogP contribution in [0.15, 0.2) is 29.1 Å². The lowest BCUT2D eigenvalue weighted by Crippen LogP contribution is -2.12. The van der Waals surface area contributed by atoms with Crippen LogP contribution >= 0.6 is 11.3 Å². The Labute approximate surface area is 167 Å². The first-order chi connectivity index (χ1) is 13.6. The molecular formula is C22H21N3O2S. The van der Waals surface area contributed by atoms with Crippen LogP contribution in [0.5, 0.6) is 5.75 Å². The summed E-state index contributed by atoms with van der Waals surface area (Å²) in [4.78, 5) is 22.2. The van der Waals surface area contributed by atoms with Crippen LogP contribution in [-0.4, -0.2) is 16.1 Å². The van der Waals surface area contributed by atoms with Crippen molar-refractivity contribution in [2.45, 2.75) is 45.6 Å². The quantitative estimate of drug-likeness (QED) is 0.653. The van der Waals surface area contributed by atoms with Crippen molar-refractivity contribution in [1.29, 1.82) is 5.26 Å². The molecular weight excluding hydrogens is 370 g/mol. The number of hydrogen-bond donors (Lipinski definition) is 1. The normalized spacial score (nSPS) is 14.1. The number of hydrogen-bond acceptors (Lipinski definition) is 5. The molecule has 2 aromatic heterocycles. The van der Waals surface area contributed by atoms with E-state index in [1.807, 2.05) is 38.1 Å². The summed E-state index contributed by atoms with van der Waals surface area (Å²) in [5.41, 5.74) is 2.07. The van der Waals surface area contributed by atoms with Crippen molar-refractivity contribution >= 4 is 33.2 Å². The summed E-state index contributed by atoms with van der Waals surface area (Å²) >= 11 is 1.58. The van der Waals surface area contributed by atoms with Gasteiger partial charge >= 0.3 is 0 Å². The molecule has 3 aromatic rings. The first-order valence-electron chi connectivity index (χ1n) is 9.49. The number of nitrogens with zero attached hydrogens (tertiary/aromatic N) is 2. The van der Waals surface area contributed by atoms with E-state index in [2.05, 4.69) is 16.0 Å². The van der Waals surface area contributed by atoms with Crippen LogP contribution in [0.2, 0.25) is 0 Å². The smallest absolute Gasteiger partial charge is 0.260 e. The van der Waals surface area contributed by atoms with Crippen LogP contribution < -0.4 is 10.3 Å². The molecule has 5 nitrogen and oxygen atoms in total. The summed E-state index contributed by atoms with van der Waals surface area (Å²) in [5.74, 6) is 0.998. The minimum absolute atomic E-state index is 0.0202. The molecule has 0 saturated heterocycles. The lowest BCUT2D eigenvalue weighted by molar-refractivity contribution is 0.242. The molecule has 0 atom stereocenters. The average Bonchev–Trinajstić information content (AvgIpc) is 3.05. The van der Waals surface area contributed by atoms with Gasteiger partial charge in [-0.25, -0.2) is 4.98 Å². The van der Waals surface area contributed by atoms with E-state index in [0.29, 0.717) is 22.5 Å². The summed E-state index contributed by atoms with van der Waals surface area (Å²) in [7, 11) is 0. The highest BCUT2D eigenvalue weighted by Gasteiger charge is 2.20. The van der Waals surface area contributed by atoms with Crippen LogP contribution in [0.4, 0.5) is 0 Å². The fourth-order valence-electron chi connectivity index (χ4n) is 3.56. The van der Waals surface area contributed by atoms with Crippen LogP contribution in [0.3, 0.4) is 0 Å².